The van der Waals surface area contributed by atoms with Gasteiger partial charge in [-0.3, -0.25) is 14.9 Å². The Bertz CT molecular complexity index is 766. The second-order valence-electron chi connectivity index (χ2n) is 4.85. The summed E-state index contributed by atoms with van der Waals surface area (Å²) >= 11 is 5.87. The van der Waals surface area contributed by atoms with E-state index in [4.69, 9.17) is 21.1 Å². The van der Waals surface area contributed by atoms with Crippen LogP contribution in [0.2, 0.25) is 5.02 Å². The summed E-state index contributed by atoms with van der Waals surface area (Å²) in [4.78, 5) is 22.5. The van der Waals surface area contributed by atoms with Gasteiger partial charge < -0.3 is 14.8 Å². The van der Waals surface area contributed by atoms with Crippen molar-refractivity contribution in [3.05, 3.63) is 57.6 Å². The van der Waals surface area contributed by atoms with E-state index in [0.29, 0.717) is 16.5 Å². The molecule has 0 saturated heterocycles. The minimum Gasteiger partial charge on any atom is -0.494 e. The highest BCUT2D eigenvalue weighted by Gasteiger charge is 2.18. The van der Waals surface area contributed by atoms with Gasteiger partial charge in [0.05, 0.1) is 23.8 Å². The molecule has 8 heteroatoms. The Hall–Kier alpha value is -2.80. The quantitative estimate of drug-likeness (QED) is 0.634. The Labute approximate surface area is 143 Å². The SMILES string of the molecule is COc1cc([N+](=O)[O-])ccc1NC(=O)[C@@H](C)Oc1cccc(Cl)c1. The topological polar surface area (TPSA) is 90.7 Å². The maximum absolute atomic E-state index is 12.2. The summed E-state index contributed by atoms with van der Waals surface area (Å²) in [5.74, 6) is 0.218. The van der Waals surface area contributed by atoms with E-state index in [1.807, 2.05) is 0 Å². The van der Waals surface area contributed by atoms with Crippen LogP contribution in [0.15, 0.2) is 42.5 Å². The van der Waals surface area contributed by atoms with Crippen molar-refractivity contribution < 1.29 is 19.2 Å². The van der Waals surface area contributed by atoms with Crippen LogP contribution < -0.4 is 14.8 Å². The lowest BCUT2D eigenvalue weighted by Crippen LogP contribution is -2.30. The highest BCUT2D eigenvalue weighted by Crippen LogP contribution is 2.29. The van der Waals surface area contributed by atoms with Crippen molar-refractivity contribution in [1.82, 2.24) is 0 Å². The molecule has 0 spiro atoms. The largest absolute Gasteiger partial charge is 0.494 e. The Morgan fingerprint density at radius 1 is 1.29 bits per heavy atom. The number of non-ortho nitro benzene ring substituents is 1. The number of nitro groups is 1. The lowest BCUT2D eigenvalue weighted by atomic mass is 10.2. The number of carbonyl (C=O) groups excluding carboxylic acids is 1. The van der Waals surface area contributed by atoms with Gasteiger partial charge in [-0.2, -0.15) is 0 Å². The fourth-order valence-electron chi connectivity index (χ4n) is 1.93. The number of nitro benzene ring substituents is 1. The van der Waals surface area contributed by atoms with Crippen LogP contribution in [0.5, 0.6) is 11.5 Å². The van der Waals surface area contributed by atoms with Crippen LogP contribution in [0.1, 0.15) is 6.92 Å². The molecule has 2 aromatic carbocycles. The molecule has 0 bridgehead atoms. The van der Waals surface area contributed by atoms with Gasteiger partial charge in [-0.05, 0) is 31.2 Å². The van der Waals surface area contributed by atoms with Crippen molar-refractivity contribution in [2.24, 2.45) is 0 Å². The Kier molecular flexibility index (Phi) is 5.59. The third-order valence-electron chi connectivity index (χ3n) is 3.13. The van der Waals surface area contributed by atoms with Crippen LogP contribution in [-0.2, 0) is 4.79 Å². The smallest absolute Gasteiger partial charge is 0.273 e. The maximum Gasteiger partial charge on any atom is 0.273 e. The molecular weight excluding hydrogens is 336 g/mol. The average Bonchev–Trinajstić information content (AvgIpc) is 2.54. The minimum atomic E-state index is -0.802. The third-order valence-corrected chi connectivity index (χ3v) is 3.37. The Morgan fingerprint density at radius 3 is 2.67 bits per heavy atom. The van der Waals surface area contributed by atoms with Crippen LogP contribution in [0.3, 0.4) is 0 Å². The van der Waals surface area contributed by atoms with Crippen molar-refractivity contribution in [3.8, 4) is 11.5 Å². The van der Waals surface area contributed by atoms with Crippen LogP contribution in [0.25, 0.3) is 0 Å². The van der Waals surface area contributed by atoms with Crippen LogP contribution in [-0.4, -0.2) is 24.0 Å². The van der Waals surface area contributed by atoms with Crippen molar-refractivity contribution in [2.45, 2.75) is 13.0 Å². The number of nitrogens with one attached hydrogen (secondary N) is 1. The third kappa shape index (κ3) is 4.36. The number of carbonyl (C=O) groups is 1. The van der Waals surface area contributed by atoms with Crippen molar-refractivity contribution in [3.63, 3.8) is 0 Å². The van der Waals surface area contributed by atoms with Crippen LogP contribution >= 0.6 is 11.6 Å². The minimum absolute atomic E-state index is 0.131. The Morgan fingerprint density at radius 2 is 2.04 bits per heavy atom. The van der Waals surface area contributed by atoms with E-state index in [0.717, 1.165) is 0 Å². The number of nitrogens with zero attached hydrogens (tertiary/aromatic N) is 1. The molecule has 0 aliphatic carbocycles. The van der Waals surface area contributed by atoms with Crippen molar-refractivity contribution >= 4 is 28.9 Å². The van der Waals surface area contributed by atoms with E-state index in [-0.39, 0.29) is 11.4 Å². The first-order valence-corrected chi connectivity index (χ1v) is 7.34. The number of rotatable bonds is 6. The number of halogens is 1. The number of hydrogen-bond acceptors (Lipinski definition) is 5. The van der Waals surface area contributed by atoms with Crippen molar-refractivity contribution in [1.29, 1.82) is 0 Å². The van der Waals surface area contributed by atoms with Crippen molar-refractivity contribution in [2.75, 3.05) is 12.4 Å². The second-order valence-corrected chi connectivity index (χ2v) is 5.28. The van der Waals surface area contributed by atoms with Gasteiger partial charge in [0.1, 0.15) is 11.5 Å². The molecule has 1 atom stereocenters. The predicted molar refractivity (Wildman–Crippen MR) is 89.8 cm³/mol. The molecule has 24 heavy (non-hydrogen) atoms. The maximum atomic E-state index is 12.2. The monoisotopic (exact) mass is 350 g/mol. The zero-order valence-electron chi connectivity index (χ0n) is 13.0. The number of hydrogen-bond donors (Lipinski definition) is 1. The molecule has 126 valence electrons. The first-order valence-electron chi connectivity index (χ1n) is 6.96. The fraction of sp³-hybridized carbons (Fsp3) is 0.188. The number of anilines is 1. The fourth-order valence-corrected chi connectivity index (χ4v) is 2.11. The van der Waals surface area contributed by atoms with Gasteiger partial charge in [0.15, 0.2) is 6.10 Å². The molecule has 0 heterocycles. The standard InChI is InChI=1S/C16H15ClN2O5/c1-10(24-13-5-3-4-11(17)8-13)16(20)18-14-7-6-12(19(21)22)9-15(14)23-2/h3-10H,1-2H3,(H,18,20)/t10-/m1/s1. The van der Waals surface area contributed by atoms with Gasteiger partial charge in [-0.15, -0.1) is 0 Å². The molecule has 0 aliphatic rings. The molecule has 2 aromatic rings. The molecule has 0 radical (unpaired) electrons. The average molecular weight is 351 g/mol. The number of benzene rings is 2. The first-order chi connectivity index (χ1) is 11.4. The molecule has 2 rings (SSSR count). The predicted octanol–water partition coefficient (Wildman–Crippen LogP) is 3.66. The number of methoxy groups -OCH3 is 1. The van der Waals surface area contributed by atoms with Gasteiger partial charge in [-0.25, -0.2) is 0 Å². The summed E-state index contributed by atoms with van der Waals surface area (Å²) in [6.07, 6.45) is -0.802. The second kappa shape index (κ2) is 7.65. The van der Waals surface area contributed by atoms with Gasteiger partial charge in [0.2, 0.25) is 0 Å². The van der Waals surface area contributed by atoms with E-state index >= 15 is 0 Å². The summed E-state index contributed by atoms with van der Waals surface area (Å²) in [5.41, 5.74) is 0.183. The van der Waals surface area contributed by atoms with E-state index < -0.39 is 16.9 Å². The molecule has 0 fully saturated rings. The number of ether oxygens (including phenoxy) is 2. The summed E-state index contributed by atoms with van der Waals surface area (Å²) < 4.78 is 10.6. The highest BCUT2D eigenvalue weighted by molar-refractivity contribution is 6.30. The van der Waals surface area contributed by atoms with Gasteiger partial charge in [0, 0.05) is 11.1 Å². The molecule has 0 aliphatic heterocycles. The van der Waals surface area contributed by atoms with Crippen LogP contribution in [0.4, 0.5) is 11.4 Å². The molecule has 0 saturated carbocycles. The first kappa shape index (κ1) is 17.6. The summed E-state index contributed by atoms with van der Waals surface area (Å²) in [6.45, 7) is 1.58. The molecule has 0 unspecified atom stereocenters. The van der Waals surface area contributed by atoms with Gasteiger partial charge >= 0.3 is 0 Å². The summed E-state index contributed by atoms with van der Waals surface area (Å²) in [5, 5.41) is 13.9. The van der Waals surface area contributed by atoms with E-state index in [1.165, 1.54) is 25.3 Å². The normalized spacial score (nSPS) is 11.5. The lowest BCUT2D eigenvalue weighted by Gasteiger charge is -2.16. The molecule has 0 aromatic heterocycles. The zero-order chi connectivity index (χ0) is 17.7. The van der Waals surface area contributed by atoms with E-state index in [9.17, 15) is 14.9 Å². The van der Waals surface area contributed by atoms with E-state index in [1.54, 1.807) is 31.2 Å². The lowest BCUT2D eigenvalue weighted by molar-refractivity contribution is -0.384. The Balaban J connectivity index is 2.09. The van der Waals surface area contributed by atoms with Crippen LogP contribution in [0, 0.1) is 10.1 Å². The summed E-state index contributed by atoms with van der Waals surface area (Å²) in [7, 11) is 1.36. The zero-order valence-corrected chi connectivity index (χ0v) is 13.7. The number of amides is 1. The molecule has 1 amide bonds. The molecular formula is C16H15ClN2O5. The molecule has 7 nitrogen and oxygen atoms in total. The molecule has 1 N–H and O–H groups in total. The van der Waals surface area contributed by atoms with Gasteiger partial charge in [-0.1, -0.05) is 17.7 Å². The summed E-state index contributed by atoms with van der Waals surface area (Å²) in [6, 6.07) is 10.6. The van der Waals surface area contributed by atoms with Gasteiger partial charge in [0.25, 0.3) is 11.6 Å². The van der Waals surface area contributed by atoms with E-state index in [2.05, 4.69) is 5.32 Å². The highest BCUT2D eigenvalue weighted by atomic mass is 35.5.